The fourth-order valence-electron chi connectivity index (χ4n) is 1.81. The molecule has 0 saturated heterocycles. The monoisotopic (exact) mass is 267 g/mol. The SMILES string of the molecule is CCNCc1oc(Cn2ncc(Cl)c2C)cc1C. The van der Waals surface area contributed by atoms with Gasteiger partial charge in [0.15, 0.2) is 0 Å². The van der Waals surface area contributed by atoms with Crippen LogP contribution in [0, 0.1) is 13.8 Å². The Bertz CT molecular complexity index is 530. The van der Waals surface area contributed by atoms with Crippen LogP contribution in [0.1, 0.15) is 29.7 Å². The zero-order valence-corrected chi connectivity index (χ0v) is 11.7. The third kappa shape index (κ3) is 2.76. The number of aromatic nitrogens is 2. The van der Waals surface area contributed by atoms with Gasteiger partial charge >= 0.3 is 0 Å². The van der Waals surface area contributed by atoms with Crippen molar-refractivity contribution in [3.8, 4) is 0 Å². The summed E-state index contributed by atoms with van der Waals surface area (Å²) in [5.41, 5.74) is 2.13. The van der Waals surface area contributed by atoms with E-state index in [0.717, 1.165) is 30.3 Å². The van der Waals surface area contributed by atoms with Crippen LogP contribution in [0.15, 0.2) is 16.7 Å². The second kappa shape index (κ2) is 5.59. The van der Waals surface area contributed by atoms with Gasteiger partial charge in [0.25, 0.3) is 0 Å². The maximum absolute atomic E-state index is 5.98. The summed E-state index contributed by atoms with van der Waals surface area (Å²) in [7, 11) is 0. The fourth-order valence-corrected chi connectivity index (χ4v) is 1.95. The van der Waals surface area contributed by atoms with Gasteiger partial charge in [-0.15, -0.1) is 0 Å². The predicted molar refractivity (Wildman–Crippen MR) is 71.9 cm³/mol. The second-order valence-corrected chi connectivity index (χ2v) is 4.74. The topological polar surface area (TPSA) is 43.0 Å². The molecule has 0 fully saturated rings. The molecule has 0 radical (unpaired) electrons. The molecule has 0 aromatic carbocycles. The van der Waals surface area contributed by atoms with Gasteiger partial charge in [-0.1, -0.05) is 18.5 Å². The molecule has 2 rings (SSSR count). The number of aryl methyl sites for hydroxylation is 1. The minimum Gasteiger partial charge on any atom is -0.462 e. The number of hydrogen-bond donors (Lipinski definition) is 1. The van der Waals surface area contributed by atoms with Crippen molar-refractivity contribution >= 4 is 11.6 Å². The summed E-state index contributed by atoms with van der Waals surface area (Å²) < 4.78 is 7.66. The maximum atomic E-state index is 5.98. The first-order valence-electron chi connectivity index (χ1n) is 6.08. The maximum Gasteiger partial charge on any atom is 0.126 e. The van der Waals surface area contributed by atoms with Gasteiger partial charge in [-0.25, -0.2) is 0 Å². The lowest BCUT2D eigenvalue weighted by molar-refractivity contribution is 0.429. The number of nitrogens with zero attached hydrogens (tertiary/aromatic N) is 2. The molecule has 1 N–H and O–H groups in total. The lowest BCUT2D eigenvalue weighted by Gasteiger charge is -2.02. The molecule has 5 heteroatoms. The molecule has 0 atom stereocenters. The summed E-state index contributed by atoms with van der Waals surface area (Å²) in [6, 6.07) is 2.06. The van der Waals surface area contributed by atoms with Crippen LogP contribution in [0.5, 0.6) is 0 Å². The number of nitrogens with one attached hydrogen (secondary N) is 1. The minimum atomic E-state index is 0.617. The van der Waals surface area contributed by atoms with Crippen LogP contribution in [0.25, 0.3) is 0 Å². The molecule has 0 unspecified atom stereocenters. The number of furan rings is 1. The Labute approximate surface area is 112 Å². The summed E-state index contributed by atoms with van der Waals surface area (Å²) in [4.78, 5) is 0. The minimum absolute atomic E-state index is 0.617. The molecule has 18 heavy (non-hydrogen) atoms. The highest BCUT2D eigenvalue weighted by Crippen LogP contribution is 2.18. The van der Waals surface area contributed by atoms with E-state index in [-0.39, 0.29) is 0 Å². The highest BCUT2D eigenvalue weighted by atomic mass is 35.5. The van der Waals surface area contributed by atoms with Crippen LogP contribution in [-0.2, 0) is 13.1 Å². The Morgan fingerprint density at radius 3 is 2.83 bits per heavy atom. The van der Waals surface area contributed by atoms with Gasteiger partial charge in [0.05, 0.1) is 30.0 Å². The largest absolute Gasteiger partial charge is 0.462 e. The summed E-state index contributed by atoms with van der Waals surface area (Å²) in [5, 5.41) is 8.17. The van der Waals surface area contributed by atoms with Crippen molar-refractivity contribution in [2.24, 2.45) is 0 Å². The van der Waals surface area contributed by atoms with Gasteiger partial charge in [-0.3, -0.25) is 4.68 Å². The molecule has 2 aromatic rings. The summed E-state index contributed by atoms with van der Waals surface area (Å²) in [6.45, 7) is 8.40. The van der Waals surface area contributed by atoms with Crippen LogP contribution in [0.4, 0.5) is 0 Å². The molecule has 0 spiro atoms. The van der Waals surface area contributed by atoms with E-state index in [0.29, 0.717) is 11.6 Å². The van der Waals surface area contributed by atoms with Gasteiger partial charge in [0.2, 0.25) is 0 Å². The van der Waals surface area contributed by atoms with E-state index in [1.807, 2.05) is 11.6 Å². The standard InChI is InChI=1S/C13H18ClN3O/c1-4-15-7-13-9(2)5-11(18-13)8-17-10(3)12(14)6-16-17/h5-6,15H,4,7-8H2,1-3H3. The third-order valence-electron chi connectivity index (χ3n) is 2.96. The van der Waals surface area contributed by atoms with E-state index in [4.69, 9.17) is 16.0 Å². The van der Waals surface area contributed by atoms with E-state index in [1.54, 1.807) is 6.20 Å². The normalized spacial score (nSPS) is 11.1. The van der Waals surface area contributed by atoms with Gasteiger partial charge < -0.3 is 9.73 Å². The Morgan fingerprint density at radius 1 is 1.44 bits per heavy atom. The lowest BCUT2D eigenvalue weighted by atomic mass is 10.2. The second-order valence-electron chi connectivity index (χ2n) is 4.33. The molecule has 4 nitrogen and oxygen atoms in total. The zero-order chi connectivity index (χ0) is 13.1. The molecular formula is C13H18ClN3O. The molecule has 0 amide bonds. The highest BCUT2D eigenvalue weighted by molar-refractivity contribution is 6.31. The van der Waals surface area contributed by atoms with Crippen molar-refractivity contribution in [3.63, 3.8) is 0 Å². The number of rotatable bonds is 5. The lowest BCUT2D eigenvalue weighted by Crippen LogP contribution is -2.11. The van der Waals surface area contributed by atoms with Gasteiger partial charge in [0, 0.05) is 0 Å². The smallest absolute Gasteiger partial charge is 0.126 e. The number of hydrogen-bond acceptors (Lipinski definition) is 3. The summed E-state index contributed by atoms with van der Waals surface area (Å²) >= 11 is 5.98. The van der Waals surface area contributed by atoms with Crippen molar-refractivity contribution in [1.82, 2.24) is 15.1 Å². The zero-order valence-electron chi connectivity index (χ0n) is 11.0. The summed E-state index contributed by atoms with van der Waals surface area (Å²) in [6.07, 6.45) is 1.66. The first-order valence-corrected chi connectivity index (χ1v) is 6.46. The highest BCUT2D eigenvalue weighted by Gasteiger charge is 2.10. The number of halogens is 1. The van der Waals surface area contributed by atoms with Crippen LogP contribution in [0.2, 0.25) is 5.02 Å². The van der Waals surface area contributed by atoms with E-state index in [9.17, 15) is 0 Å². The van der Waals surface area contributed by atoms with Crippen molar-refractivity contribution in [1.29, 1.82) is 0 Å². The molecule has 0 bridgehead atoms. The van der Waals surface area contributed by atoms with Crippen molar-refractivity contribution in [3.05, 3.63) is 40.1 Å². The molecular weight excluding hydrogens is 250 g/mol. The van der Waals surface area contributed by atoms with Gasteiger partial charge in [-0.2, -0.15) is 5.10 Å². The first-order chi connectivity index (χ1) is 8.61. The molecule has 2 aromatic heterocycles. The van der Waals surface area contributed by atoms with Gasteiger partial charge in [0.1, 0.15) is 11.5 Å². The van der Waals surface area contributed by atoms with Crippen LogP contribution < -0.4 is 5.32 Å². The van der Waals surface area contributed by atoms with Crippen LogP contribution in [0.3, 0.4) is 0 Å². The van der Waals surface area contributed by atoms with Gasteiger partial charge in [-0.05, 0) is 32.0 Å². The molecule has 0 aliphatic rings. The Hall–Kier alpha value is -1.26. The fraction of sp³-hybridized carbons (Fsp3) is 0.462. The third-order valence-corrected chi connectivity index (χ3v) is 3.33. The molecule has 2 heterocycles. The van der Waals surface area contributed by atoms with Crippen LogP contribution >= 0.6 is 11.6 Å². The summed E-state index contributed by atoms with van der Waals surface area (Å²) in [5.74, 6) is 1.89. The average Bonchev–Trinajstić information content (AvgIpc) is 2.84. The quantitative estimate of drug-likeness (QED) is 0.906. The van der Waals surface area contributed by atoms with E-state index in [1.165, 1.54) is 5.56 Å². The molecule has 0 aliphatic heterocycles. The first kappa shape index (κ1) is 13.2. The van der Waals surface area contributed by atoms with E-state index in [2.05, 4.69) is 30.3 Å². The Morgan fingerprint density at radius 2 is 2.22 bits per heavy atom. The predicted octanol–water partition coefficient (Wildman–Crippen LogP) is 2.90. The Balaban J connectivity index is 2.12. The van der Waals surface area contributed by atoms with Crippen molar-refractivity contribution in [2.45, 2.75) is 33.9 Å². The molecule has 0 aliphatic carbocycles. The van der Waals surface area contributed by atoms with Crippen molar-refractivity contribution < 1.29 is 4.42 Å². The molecule has 0 saturated carbocycles. The molecule has 98 valence electrons. The van der Waals surface area contributed by atoms with Crippen molar-refractivity contribution in [2.75, 3.05) is 6.54 Å². The van der Waals surface area contributed by atoms with Crippen LogP contribution in [-0.4, -0.2) is 16.3 Å². The average molecular weight is 268 g/mol. The van der Waals surface area contributed by atoms with E-state index >= 15 is 0 Å². The van der Waals surface area contributed by atoms with E-state index < -0.39 is 0 Å². The Kier molecular flexibility index (Phi) is 4.09.